The third kappa shape index (κ3) is 3.08. The molecule has 3 aliphatic rings. The summed E-state index contributed by atoms with van der Waals surface area (Å²) in [5, 5.41) is 6.25. The van der Waals surface area contributed by atoms with Crippen molar-refractivity contribution in [1.29, 1.82) is 0 Å². The van der Waals surface area contributed by atoms with Gasteiger partial charge in [-0.2, -0.15) is 0 Å². The molecule has 3 heterocycles. The van der Waals surface area contributed by atoms with Crippen molar-refractivity contribution in [3.05, 3.63) is 35.6 Å². The molecule has 3 aliphatic heterocycles. The number of piperazine rings is 1. The summed E-state index contributed by atoms with van der Waals surface area (Å²) in [6.07, 6.45) is 1.23. The highest BCUT2D eigenvalue weighted by Gasteiger charge is 2.45. The number of halogens is 1. The van der Waals surface area contributed by atoms with Crippen LogP contribution in [0.15, 0.2) is 24.3 Å². The van der Waals surface area contributed by atoms with Crippen molar-refractivity contribution in [3.8, 4) is 0 Å². The molecule has 26 heavy (non-hydrogen) atoms. The third-order valence-electron chi connectivity index (χ3n) is 5.74. The highest BCUT2D eigenvalue weighted by Crippen LogP contribution is 2.30. The van der Waals surface area contributed by atoms with Gasteiger partial charge in [-0.1, -0.05) is 12.1 Å². The van der Waals surface area contributed by atoms with E-state index >= 15 is 0 Å². The Kier molecular flexibility index (Phi) is 4.64. The van der Waals surface area contributed by atoms with Crippen LogP contribution in [-0.4, -0.2) is 55.0 Å². The van der Waals surface area contributed by atoms with Crippen molar-refractivity contribution in [1.82, 2.24) is 26.4 Å². The molecule has 2 amide bonds. The number of nitrogens with one attached hydrogen (secondary N) is 4. The highest BCUT2D eigenvalue weighted by atomic mass is 19.1. The molecule has 140 valence electrons. The predicted octanol–water partition coefficient (Wildman–Crippen LogP) is -0.329. The molecule has 1 aromatic carbocycles. The lowest BCUT2D eigenvalue weighted by atomic mass is 9.84. The highest BCUT2D eigenvalue weighted by molar-refractivity contribution is 5.88. The summed E-state index contributed by atoms with van der Waals surface area (Å²) in [6, 6.07) is 6.09. The molecule has 2 unspecified atom stereocenters. The second-order valence-corrected chi connectivity index (χ2v) is 7.25. The fraction of sp³-hybridized carbons (Fsp3) is 0.556. The summed E-state index contributed by atoms with van der Waals surface area (Å²) in [5.74, 6) is -0.517. The maximum atomic E-state index is 13.6. The van der Waals surface area contributed by atoms with Crippen LogP contribution in [0, 0.1) is 11.7 Å². The van der Waals surface area contributed by atoms with Gasteiger partial charge in [0.2, 0.25) is 11.8 Å². The van der Waals surface area contributed by atoms with Crippen LogP contribution < -0.4 is 21.5 Å². The molecule has 0 bridgehead atoms. The third-order valence-corrected chi connectivity index (χ3v) is 5.74. The zero-order valence-corrected chi connectivity index (χ0v) is 14.6. The van der Waals surface area contributed by atoms with E-state index in [1.54, 1.807) is 6.07 Å². The molecule has 3 saturated heterocycles. The van der Waals surface area contributed by atoms with Gasteiger partial charge in [0.15, 0.2) is 0 Å². The Labute approximate surface area is 151 Å². The van der Waals surface area contributed by atoms with E-state index < -0.39 is 5.54 Å². The summed E-state index contributed by atoms with van der Waals surface area (Å²) in [7, 11) is 0. The SMILES string of the molecule is O=C(C1CNNC1c1cccc(F)c1)N1CCC2(CC1)NCCNC2=O. The molecule has 4 rings (SSSR count). The first-order valence-corrected chi connectivity index (χ1v) is 9.15. The molecule has 0 radical (unpaired) electrons. The smallest absolute Gasteiger partial charge is 0.240 e. The summed E-state index contributed by atoms with van der Waals surface area (Å²) < 4.78 is 13.6. The zero-order valence-electron chi connectivity index (χ0n) is 14.6. The topological polar surface area (TPSA) is 85.5 Å². The number of nitrogens with zero attached hydrogens (tertiary/aromatic N) is 1. The van der Waals surface area contributed by atoms with Crippen LogP contribution in [0.4, 0.5) is 4.39 Å². The van der Waals surface area contributed by atoms with Crippen LogP contribution in [0.3, 0.4) is 0 Å². The normalized spacial score (nSPS) is 28.2. The second kappa shape index (κ2) is 6.94. The fourth-order valence-corrected chi connectivity index (χ4v) is 4.22. The number of benzene rings is 1. The number of hydrogen-bond donors (Lipinski definition) is 4. The van der Waals surface area contributed by atoms with E-state index in [1.165, 1.54) is 12.1 Å². The number of likely N-dealkylation sites (tertiary alicyclic amines) is 1. The molecule has 2 atom stereocenters. The Balaban J connectivity index is 1.44. The van der Waals surface area contributed by atoms with Gasteiger partial charge in [0.25, 0.3) is 0 Å². The lowest BCUT2D eigenvalue weighted by Crippen LogP contribution is -2.67. The summed E-state index contributed by atoms with van der Waals surface area (Å²) in [4.78, 5) is 27.1. The van der Waals surface area contributed by atoms with Gasteiger partial charge in [0.1, 0.15) is 11.4 Å². The molecular formula is C18H24FN5O2. The number of piperidine rings is 1. The fourth-order valence-electron chi connectivity index (χ4n) is 4.22. The minimum atomic E-state index is -0.539. The van der Waals surface area contributed by atoms with Gasteiger partial charge >= 0.3 is 0 Å². The molecule has 1 spiro atoms. The second-order valence-electron chi connectivity index (χ2n) is 7.25. The summed E-state index contributed by atoms with van der Waals surface area (Å²) in [6.45, 7) is 3.01. The van der Waals surface area contributed by atoms with E-state index in [0.717, 1.165) is 12.1 Å². The standard InChI is InChI=1S/C18H24FN5O2/c19-13-3-1-2-12(10-13)15-14(11-22-23-15)16(25)24-8-4-18(5-9-24)17(26)20-6-7-21-18/h1-3,10,14-15,21-23H,4-9,11H2,(H,20,26). The van der Waals surface area contributed by atoms with Gasteiger partial charge in [0, 0.05) is 32.7 Å². The Morgan fingerprint density at radius 3 is 2.77 bits per heavy atom. The zero-order chi connectivity index (χ0) is 18.1. The molecule has 1 aromatic rings. The quantitative estimate of drug-likeness (QED) is 0.580. The lowest BCUT2D eigenvalue weighted by molar-refractivity contribution is -0.141. The molecular weight excluding hydrogens is 337 g/mol. The van der Waals surface area contributed by atoms with Gasteiger partial charge < -0.3 is 15.5 Å². The first-order chi connectivity index (χ1) is 12.6. The maximum absolute atomic E-state index is 13.6. The molecule has 8 heteroatoms. The average Bonchev–Trinajstić information content (AvgIpc) is 3.14. The van der Waals surface area contributed by atoms with Crippen molar-refractivity contribution in [3.63, 3.8) is 0 Å². The van der Waals surface area contributed by atoms with E-state index in [4.69, 9.17) is 0 Å². The number of hydrogen-bond acceptors (Lipinski definition) is 5. The van der Waals surface area contributed by atoms with Gasteiger partial charge in [0.05, 0.1) is 12.0 Å². The van der Waals surface area contributed by atoms with E-state index in [9.17, 15) is 14.0 Å². The molecule has 4 N–H and O–H groups in total. The van der Waals surface area contributed by atoms with Crippen LogP contribution in [0.2, 0.25) is 0 Å². The maximum Gasteiger partial charge on any atom is 0.240 e. The minimum Gasteiger partial charge on any atom is -0.353 e. The van der Waals surface area contributed by atoms with Crippen molar-refractivity contribution in [2.45, 2.75) is 24.4 Å². The van der Waals surface area contributed by atoms with Crippen LogP contribution in [-0.2, 0) is 9.59 Å². The van der Waals surface area contributed by atoms with Crippen molar-refractivity contribution >= 4 is 11.8 Å². The molecule has 0 saturated carbocycles. The van der Waals surface area contributed by atoms with Crippen LogP contribution >= 0.6 is 0 Å². The lowest BCUT2D eigenvalue weighted by Gasteiger charge is -2.44. The van der Waals surface area contributed by atoms with E-state index in [1.807, 2.05) is 11.0 Å². The Morgan fingerprint density at radius 1 is 1.23 bits per heavy atom. The van der Waals surface area contributed by atoms with Crippen LogP contribution in [0.5, 0.6) is 0 Å². The summed E-state index contributed by atoms with van der Waals surface area (Å²) in [5.41, 5.74) is 6.34. The molecule has 7 nitrogen and oxygen atoms in total. The predicted molar refractivity (Wildman–Crippen MR) is 93.3 cm³/mol. The number of carbonyl (C=O) groups is 2. The minimum absolute atomic E-state index is 0.0395. The van der Waals surface area contributed by atoms with Gasteiger partial charge in [-0.25, -0.2) is 9.82 Å². The molecule has 0 aliphatic carbocycles. The van der Waals surface area contributed by atoms with E-state index in [0.29, 0.717) is 39.0 Å². The number of hydrazine groups is 1. The summed E-state index contributed by atoms with van der Waals surface area (Å²) >= 11 is 0. The van der Waals surface area contributed by atoms with Gasteiger partial charge in [-0.15, -0.1) is 0 Å². The van der Waals surface area contributed by atoms with Crippen molar-refractivity contribution in [2.24, 2.45) is 5.92 Å². The van der Waals surface area contributed by atoms with Crippen LogP contribution in [0.1, 0.15) is 24.4 Å². The van der Waals surface area contributed by atoms with Crippen molar-refractivity contribution < 1.29 is 14.0 Å². The largest absolute Gasteiger partial charge is 0.353 e. The van der Waals surface area contributed by atoms with E-state index in [-0.39, 0.29) is 29.6 Å². The average molecular weight is 361 g/mol. The number of rotatable bonds is 2. The first-order valence-electron chi connectivity index (χ1n) is 9.15. The number of amides is 2. The van der Waals surface area contributed by atoms with Crippen molar-refractivity contribution in [2.75, 3.05) is 32.7 Å². The molecule has 0 aromatic heterocycles. The Bertz CT molecular complexity index is 705. The van der Waals surface area contributed by atoms with E-state index in [2.05, 4.69) is 21.5 Å². The van der Waals surface area contributed by atoms with Gasteiger partial charge in [-0.05, 0) is 30.5 Å². The first kappa shape index (κ1) is 17.4. The Hall–Kier alpha value is -2.03. The number of carbonyl (C=O) groups excluding carboxylic acids is 2. The van der Waals surface area contributed by atoms with Gasteiger partial charge in [-0.3, -0.25) is 15.0 Å². The molecule has 3 fully saturated rings. The van der Waals surface area contributed by atoms with Crippen LogP contribution in [0.25, 0.3) is 0 Å². The monoisotopic (exact) mass is 361 g/mol. The Morgan fingerprint density at radius 2 is 2.04 bits per heavy atom.